The highest BCUT2D eigenvalue weighted by molar-refractivity contribution is 5.32. The van der Waals surface area contributed by atoms with E-state index in [-0.39, 0.29) is 17.2 Å². The van der Waals surface area contributed by atoms with Gasteiger partial charge in [0.2, 0.25) is 0 Å². The molecule has 0 aliphatic rings. The van der Waals surface area contributed by atoms with Crippen molar-refractivity contribution in [2.45, 2.75) is 26.7 Å². The maximum atomic E-state index is 10.5. The lowest BCUT2D eigenvalue weighted by molar-refractivity contribution is -0.384. The standard InChI is InChI=1S/C13H19NO3.C2H2/c1-10(7-11(2)9-15)8-12-3-5-13(6-4-12)14(16)17;1-2/h3-6,10-11,15H,7-9H2,1-2H3;1-2H/t10-,11+;/m1./s1. The summed E-state index contributed by atoms with van der Waals surface area (Å²) in [6.45, 7) is 4.37. The minimum absolute atomic E-state index is 0.130. The molecule has 1 rings (SSSR count). The minimum Gasteiger partial charge on any atom is -0.396 e. The summed E-state index contributed by atoms with van der Waals surface area (Å²) in [7, 11) is 0. The van der Waals surface area contributed by atoms with Crippen LogP contribution in [-0.2, 0) is 6.42 Å². The van der Waals surface area contributed by atoms with Crippen LogP contribution in [0.3, 0.4) is 0 Å². The monoisotopic (exact) mass is 263 g/mol. The van der Waals surface area contributed by atoms with Crippen molar-refractivity contribution in [3.8, 4) is 12.8 Å². The first-order valence-electron chi connectivity index (χ1n) is 6.20. The summed E-state index contributed by atoms with van der Waals surface area (Å²) >= 11 is 0. The molecule has 1 aromatic rings. The summed E-state index contributed by atoms with van der Waals surface area (Å²) in [5.74, 6) is 0.779. The minimum atomic E-state index is -0.388. The van der Waals surface area contributed by atoms with E-state index in [1.165, 1.54) is 12.1 Å². The van der Waals surface area contributed by atoms with Gasteiger partial charge in [-0.05, 0) is 30.2 Å². The molecule has 0 bridgehead atoms. The molecular formula is C15H21NO3. The Hall–Kier alpha value is -1.86. The van der Waals surface area contributed by atoms with Gasteiger partial charge in [-0.25, -0.2) is 0 Å². The molecule has 104 valence electrons. The zero-order chi connectivity index (χ0) is 14.8. The Morgan fingerprint density at radius 1 is 1.21 bits per heavy atom. The second-order valence-corrected chi connectivity index (χ2v) is 4.76. The summed E-state index contributed by atoms with van der Waals surface area (Å²) in [4.78, 5) is 10.1. The van der Waals surface area contributed by atoms with Crippen LogP contribution in [0.1, 0.15) is 25.8 Å². The van der Waals surface area contributed by atoms with Crippen molar-refractivity contribution in [3.05, 3.63) is 39.9 Å². The van der Waals surface area contributed by atoms with Crippen molar-refractivity contribution >= 4 is 5.69 Å². The van der Waals surface area contributed by atoms with E-state index in [2.05, 4.69) is 19.8 Å². The summed E-state index contributed by atoms with van der Waals surface area (Å²) < 4.78 is 0. The van der Waals surface area contributed by atoms with Gasteiger partial charge in [-0.15, -0.1) is 12.8 Å². The summed E-state index contributed by atoms with van der Waals surface area (Å²) in [5.41, 5.74) is 1.23. The average molecular weight is 263 g/mol. The van der Waals surface area contributed by atoms with Gasteiger partial charge in [0.1, 0.15) is 0 Å². The molecule has 4 nitrogen and oxygen atoms in total. The largest absolute Gasteiger partial charge is 0.396 e. The first-order valence-corrected chi connectivity index (χ1v) is 6.20. The third-order valence-corrected chi connectivity index (χ3v) is 2.85. The molecule has 0 amide bonds. The van der Waals surface area contributed by atoms with E-state index < -0.39 is 0 Å². The fraction of sp³-hybridized carbons (Fsp3) is 0.467. The number of terminal acetylenes is 1. The topological polar surface area (TPSA) is 63.4 Å². The molecule has 1 N–H and O–H groups in total. The van der Waals surface area contributed by atoms with Gasteiger partial charge in [0.05, 0.1) is 4.92 Å². The maximum absolute atomic E-state index is 10.5. The van der Waals surface area contributed by atoms with Crippen LogP contribution in [0.15, 0.2) is 24.3 Å². The molecule has 0 radical (unpaired) electrons. The molecule has 0 spiro atoms. The van der Waals surface area contributed by atoms with Crippen LogP contribution < -0.4 is 0 Å². The van der Waals surface area contributed by atoms with Crippen molar-refractivity contribution in [3.63, 3.8) is 0 Å². The molecule has 0 fully saturated rings. The van der Waals surface area contributed by atoms with Crippen LogP contribution in [0.2, 0.25) is 0 Å². The molecule has 0 aromatic heterocycles. The Kier molecular flexibility index (Phi) is 8.23. The molecule has 4 heteroatoms. The van der Waals surface area contributed by atoms with Gasteiger partial charge in [-0.1, -0.05) is 26.0 Å². The van der Waals surface area contributed by atoms with Crippen LogP contribution in [0.5, 0.6) is 0 Å². The first-order chi connectivity index (χ1) is 9.02. The van der Waals surface area contributed by atoms with Crippen LogP contribution in [-0.4, -0.2) is 16.6 Å². The molecule has 1 aromatic carbocycles. The lowest BCUT2D eigenvalue weighted by Gasteiger charge is -2.15. The number of benzene rings is 1. The van der Waals surface area contributed by atoms with Gasteiger partial charge >= 0.3 is 0 Å². The number of nitrogens with zero attached hydrogens (tertiary/aromatic N) is 1. The van der Waals surface area contributed by atoms with Gasteiger partial charge in [-0.2, -0.15) is 0 Å². The highest BCUT2D eigenvalue weighted by atomic mass is 16.6. The molecule has 0 unspecified atom stereocenters. The number of hydrogen-bond donors (Lipinski definition) is 1. The van der Waals surface area contributed by atoms with Crippen LogP contribution in [0.4, 0.5) is 5.69 Å². The summed E-state index contributed by atoms with van der Waals surface area (Å²) in [5, 5.41) is 19.5. The average Bonchev–Trinajstić information content (AvgIpc) is 2.41. The molecule has 0 heterocycles. The number of aliphatic hydroxyl groups is 1. The number of hydrogen-bond acceptors (Lipinski definition) is 3. The molecule has 0 aliphatic heterocycles. The Bertz CT molecular complexity index is 398. The number of rotatable bonds is 6. The Balaban J connectivity index is 0.00000154. The van der Waals surface area contributed by atoms with Crippen molar-refractivity contribution in [2.75, 3.05) is 6.61 Å². The number of aliphatic hydroxyl groups excluding tert-OH is 1. The highest BCUT2D eigenvalue weighted by Gasteiger charge is 2.10. The molecule has 2 atom stereocenters. The second-order valence-electron chi connectivity index (χ2n) is 4.76. The Morgan fingerprint density at radius 2 is 1.74 bits per heavy atom. The maximum Gasteiger partial charge on any atom is 0.269 e. The van der Waals surface area contributed by atoms with Crippen LogP contribution >= 0.6 is 0 Å². The fourth-order valence-electron chi connectivity index (χ4n) is 2.00. The fourth-order valence-corrected chi connectivity index (χ4v) is 2.00. The first kappa shape index (κ1) is 17.1. The second kappa shape index (κ2) is 9.12. The van der Waals surface area contributed by atoms with Crippen molar-refractivity contribution in [2.24, 2.45) is 11.8 Å². The summed E-state index contributed by atoms with van der Waals surface area (Å²) in [6.07, 6.45) is 9.86. The zero-order valence-corrected chi connectivity index (χ0v) is 11.5. The Morgan fingerprint density at radius 3 is 2.16 bits per heavy atom. The van der Waals surface area contributed by atoms with Gasteiger partial charge in [0.15, 0.2) is 0 Å². The number of nitro groups is 1. The van der Waals surface area contributed by atoms with Gasteiger partial charge < -0.3 is 5.11 Å². The molecule has 0 aliphatic carbocycles. The predicted molar refractivity (Wildman–Crippen MR) is 76.7 cm³/mol. The third-order valence-electron chi connectivity index (χ3n) is 2.85. The predicted octanol–water partition coefficient (Wildman–Crippen LogP) is 3.04. The van der Waals surface area contributed by atoms with Crippen LogP contribution in [0, 0.1) is 34.8 Å². The summed E-state index contributed by atoms with van der Waals surface area (Å²) in [6, 6.07) is 6.69. The van der Waals surface area contributed by atoms with E-state index in [1.807, 2.05) is 6.92 Å². The van der Waals surface area contributed by atoms with Gasteiger partial charge in [-0.3, -0.25) is 10.1 Å². The Labute approximate surface area is 114 Å². The third kappa shape index (κ3) is 6.58. The van der Waals surface area contributed by atoms with Crippen LogP contribution in [0.25, 0.3) is 0 Å². The quantitative estimate of drug-likeness (QED) is 0.487. The normalized spacial score (nSPS) is 12.9. The van der Waals surface area contributed by atoms with E-state index >= 15 is 0 Å². The van der Waals surface area contributed by atoms with E-state index in [1.54, 1.807) is 12.1 Å². The lowest BCUT2D eigenvalue weighted by Crippen LogP contribution is -2.09. The zero-order valence-electron chi connectivity index (χ0n) is 11.5. The van der Waals surface area contributed by atoms with Gasteiger partial charge in [0, 0.05) is 18.7 Å². The highest BCUT2D eigenvalue weighted by Crippen LogP contribution is 2.19. The SMILES string of the molecule is C#C.C[C@H](CO)C[C@@H](C)Cc1ccc([N+](=O)[O-])cc1. The van der Waals surface area contributed by atoms with Crippen molar-refractivity contribution in [1.82, 2.24) is 0 Å². The molecular weight excluding hydrogens is 242 g/mol. The van der Waals surface area contributed by atoms with E-state index in [9.17, 15) is 10.1 Å². The molecule has 0 saturated heterocycles. The van der Waals surface area contributed by atoms with Gasteiger partial charge in [0.25, 0.3) is 5.69 Å². The number of nitro benzene ring substituents is 1. The molecule has 0 saturated carbocycles. The van der Waals surface area contributed by atoms with E-state index in [0.717, 1.165) is 18.4 Å². The van der Waals surface area contributed by atoms with Crippen molar-refractivity contribution in [1.29, 1.82) is 0 Å². The van der Waals surface area contributed by atoms with E-state index in [0.29, 0.717) is 11.8 Å². The van der Waals surface area contributed by atoms with Crippen molar-refractivity contribution < 1.29 is 10.0 Å². The smallest absolute Gasteiger partial charge is 0.269 e. The van der Waals surface area contributed by atoms with E-state index in [4.69, 9.17) is 5.11 Å². The lowest BCUT2D eigenvalue weighted by atomic mass is 9.92. The molecule has 19 heavy (non-hydrogen) atoms. The number of non-ortho nitro benzene ring substituents is 1.